The molecule has 1 aromatic heterocycles. The normalized spacial score (nSPS) is 10.1. The highest BCUT2D eigenvalue weighted by molar-refractivity contribution is 7.80. The van der Waals surface area contributed by atoms with Crippen molar-refractivity contribution in [1.82, 2.24) is 10.2 Å². The summed E-state index contributed by atoms with van der Waals surface area (Å²) >= 11 is 10.9. The average Bonchev–Trinajstić information content (AvgIpc) is 2.34. The lowest BCUT2D eigenvalue weighted by atomic mass is 10.2. The van der Waals surface area contributed by atoms with E-state index in [-0.39, 0.29) is 4.99 Å². The van der Waals surface area contributed by atoms with Gasteiger partial charge < -0.3 is 11.1 Å². The lowest BCUT2D eigenvalue weighted by Gasteiger charge is -2.11. The van der Waals surface area contributed by atoms with E-state index >= 15 is 0 Å². The molecule has 2 rings (SSSR count). The van der Waals surface area contributed by atoms with Gasteiger partial charge in [0.05, 0.1) is 11.8 Å². The van der Waals surface area contributed by atoms with E-state index in [0.29, 0.717) is 16.4 Å². The van der Waals surface area contributed by atoms with Crippen molar-refractivity contribution in [2.45, 2.75) is 6.92 Å². The molecule has 0 spiro atoms. The van der Waals surface area contributed by atoms with Crippen LogP contribution in [0.2, 0.25) is 5.02 Å². The first kappa shape index (κ1) is 12.7. The van der Waals surface area contributed by atoms with Crippen molar-refractivity contribution >= 4 is 40.3 Å². The monoisotopic (exact) mass is 278 g/mol. The molecule has 4 nitrogen and oxygen atoms in total. The molecule has 1 heterocycles. The number of nitrogens with one attached hydrogen (secondary N) is 1. The largest absolute Gasteiger partial charge is 0.389 e. The van der Waals surface area contributed by atoms with Gasteiger partial charge in [0.15, 0.2) is 5.82 Å². The number of aromatic nitrogens is 2. The maximum atomic E-state index is 5.96. The van der Waals surface area contributed by atoms with E-state index in [1.807, 2.05) is 25.1 Å². The van der Waals surface area contributed by atoms with Gasteiger partial charge >= 0.3 is 0 Å². The number of thiocarbonyl (C=S) groups is 1. The molecule has 1 aromatic carbocycles. The summed E-state index contributed by atoms with van der Waals surface area (Å²) in [5.74, 6) is 0.523. The Labute approximate surface area is 115 Å². The summed E-state index contributed by atoms with van der Waals surface area (Å²) in [7, 11) is 0. The van der Waals surface area contributed by atoms with Crippen LogP contribution >= 0.6 is 23.8 Å². The van der Waals surface area contributed by atoms with E-state index in [2.05, 4.69) is 15.5 Å². The number of benzene rings is 1. The highest BCUT2D eigenvalue weighted by atomic mass is 35.5. The van der Waals surface area contributed by atoms with E-state index in [0.717, 1.165) is 11.3 Å². The molecule has 0 amide bonds. The summed E-state index contributed by atoms with van der Waals surface area (Å²) in [5.41, 5.74) is 8.17. The Hall–Kier alpha value is -1.72. The van der Waals surface area contributed by atoms with Crippen LogP contribution < -0.4 is 11.1 Å². The lowest BCUT2D eigenvalue weighted by molar-refractivity contribution is 1.03. The molecule has 0 bridgehead atoms. The predicted molar refractivity (Wildman–Crippen MR) is 77.4 cm³/mol. The Bertz CT molecular complexity index is 600. The summed E-state index contributed by atoms with van der Waals surface area (Å²) in [5, 5.41) is 11.6. The number of anilines is 2. The summed E-state index contributed by atoms with van der Waals surface area (Å²) in [6.45, 7) is 1.97. The van der Waals surface area contributed by atoms with Crippen molar-refractivity contribution in [1.29, 1.82) is 0 Å². The second kappa shape index (κ2) is 5.29. The number of halogens is 1. The molecular weight excluding hydrogens is 268 g/mol. The third-order valence-electron chi connectivity index (χ3n) is 2.44. The maximum Gasteiger partial charge on any atom is 0.163 e. The van der Waals surface area contributed by atoms with Crippen LogP contribution in [0.15, 0.2) is 30.5 Å². The van der Waals surface area contributed by atoms with Crippen LogP contribution in [-0.2, 0) is 0 Å². The zero-order chi connectivity index (χ0) is 13.1. The molecule has 92 valence electrons. The third kappa shape index (κ3) is 2.75. The first-order valence-corrected chi connectivity index (χ1v) is 6.01. The van der Waals surface area contributed by atoms with Crippen molar-refractivity contribution in [2.75, 3.05) is 5.32 Å². The molecule has 3 N–H and O–H groups in total. The van der Waals surface area contributed by atoms with Crippen LogP contribution in [0, 0.1) is 6.92 Å². The number of nitrogens with two attached hydrogens (primary N) is 1. The van der Waals surface area contributed by atoms with Gasteiger partial charge in [0, 0.05) is 10.7 Å². The summed E-state index contributed by atoms with van der Waals surface area (Å²) in [6.07, 6.45) is 1.55. The van der Waals surface area contributed by atoms with Crippen LogP contribution in [0.25, 0.3) is 0 Å². The summed E-state index contributed by atoms with van der Waals surface area (Å²) in [6, 6.07) is 7.28. The van der Waals surface area contributed by atoms with E-state index in [9.17, 15) is 0 Å². The molecule has 0 fully saturated rings. The van der Waals surface area contributed by atoms with Gasteiger partial charge in [-0.3, -0.25) is 0 Å². The van der Waals surface area contributed by atoms with Gasteiger partial charge in [0.2, 0.25) is 0 Å². The summed E-state index contributed by atoms with van der Waals surface area (Å²) in [4.78, 5) is 0.270. The molecule has 0 aliphatic heterocycles. The van der Waals surface area contributed by atoms with Gasteiger partial charge in [-0.1, -0.05) is 29.9 Å². The second-order valence-corrected chi connectivity index (χ2v) is 4.62. The fourth-order valence-corrected chi connectivity index (χ4v) is 1.82. The lowest BCUT2D eigenvalue weighted by Crippen LogP contribution is -2.13. The van der Waals surface area contributed by atoms with Crippen LogP contribution in [0.5, 0.6) is 0 Å². The van der Waals surface area contributed by atoms with Gasteiger partial charge in [0.25, 0.3) is 0 Å². The number of aryl methyl sites for hydroxylation is 1. The Morgan fingerprint density at radius 1 is 1.39 bits per heavy atom. The molecule has 0 saturated carbocycles. The molecule has 6 heteroatoms. The van der Waals surface area contributed by atoms with Crippen molar-refractivity contribution in [2.24, 2.45) is 5.73 Å². The summed E-state index contributed by atoms with van der Waals surface area (Å²) < 4.78 is 0. The van der Waals surface area contributed by atoms with Crippen LogP contribution in [-0.4, -0.2) is 15.2 Å². The van der Waals surface area contributed by atoms with Crippen LogP contribution in [0.3, 0.4) is 0 Å². The smallest absolute Gasteiger partial charge is 0.163 e. The number of nitrogens with zero attached hydrogens (tertiary/aromatic N) is 2. The van der Waals surface area contributed by atoms with Crippen molar-refractivity contribution < 1.29 is 0 Å². The third-order valence-corrected chi connectivity index (χ3v) is 2.89. The van der Waals surface area contributed by atoms with E-state index in [4.69, 9.17) is 29.6 Å². The Morgan fingerprint density at radius 2 is 2.17 bits per heavy atom. The van der Waals surface area contributed by atoms with Crippen molar-refractivity contribution in [3.05, 3.63) is 46.6 Å². The van der Waals surface area contributed by atoms with Gasteiger partial charge in [0.1, 0.15) is 4.99 Å². The maximum absolute atomic E-state index is 5.96. The molecule has 0 radical (unpaired) electrons. The van der Waals surface area contributed by atoms with Crippen LogP contribution in [0.1, 0.15) is 11.1 Å². The quantitative estimate of drug-likeness (QED) is 0.845. The number of rotatable bonds is 3. The van der Waals surface area contributed by atoms with Crippen molar-refractivity contribution in [3.63, 3.8) is 0 Å². The first-order valence-electron chi connectivity index (χ1n) is 5.22. The zero-order valence-corrected chi connectivity index (χ0v) is 11.2. The molecule has 0 aliphatic carbocycles. The highest BCUT2D eigenvalue weighted by Crippen LogP contribution is 2.24. The average molecular weight is 279 g/mol. The first-order chi connectivity index (χ1) is 8.58. The fraction of sp³-hybridized carbons (Fsp3) is 0.0833. The van der Waals surface area contributed by atoms with Crippen molar-refractivity contribution in [3.8, 4) is 0 Å². The molecule has 0 atom stereocenters. The Morgan fingerprint density at radius 3 is 2.89 bits per heavy atom. The molecule has 18 heavy (non-hydrogen) atoms. The van der Waals surface area contributed by atoms with Crippen LogP contribution in [0.4, 0.5) is 11.5 Å². The SMILES string of the molecule is Cc1ccc(Cl)cc1Nc1nnccc1C(N)=S. The van der Waals surface area contributed by atoms with Gasteiger partial charge in [-0.15, -0.1) is 5.10 Å². The van der Waals surface area contributed by atoms with E-state index < -0.39 is 0 Å². The minimum atomic E-state index is 0.270. The topological polar surface area (TPSA) is 63.8 Å². The predicted octanol–water partition coefficient (Wildman–Crippen LogP) is 2.82. The minimum Gasteiger partial charge on any atom is -0.389 e. The standard InChI is InChI=1S/C12H11ClN4S/c1-7-2-3-8(13)6-10(7)16-12-9(11(14)18)4-5-15-17-12/h2-6H,1H3,(H2,14,18)(H,16,17). The van der Waals surface area contributed by atoms with Gasteiger partial charge in [-0.25, -0.2) is 0 Å². The Kier molecular flexibility index (Phi) is 3.74. The van der Waals surface area contributed by atoms with Gasteiger partial charge in [-0.05, 0) is 30.7 Å². The number of hydrogen-bond acceptors (Lipinski definition) is 4. The fourth-order valence-electron chi connectivity index (χ4n) is 1.48. The van der Waals surface area contributed by atoms with E-state index in [1.165, 1.54) is 0 Å². The molecular formula is C12H11ClN4S. The second-order valence-electron chi connectivity index (χ2n) is 3.74. The molecule has 0 saturated heterocycles. The minimum absolute atomic E-state index is 0.270. The van der Waals surface area contributed by atoms with E-state index in [1.54, 1.807) is 12.3 Å². The van der Waals surface area contributed by atoms with Gasteiger partial charge in [-0.2, -0.15) is 5.10 Å². The molecule has 0 unspecified atom stereocenters. The molecule has 2 aromatic rings. The highest BCUT2D eigenvalue weighted by Gasteiger charge is 2.08. The number of hydrogen-bond donors (Lipinski definition) is 2. The zero-order valence-electron chi connectivity index (χ0n) is 9.64. The Balaban J connectivity index is 2.40. The molecule has 0 aliphatic rings.